The molecule has 0 bridgehead atoms. The van der Waals surface area contributed by atoms with E-state index in [9.17, 15) is 0 Å². The average Bonchev–Trinajstić information content (AvgIpc) is 2.52. The molecule has 3 heteroatoms. The fraction of sp³-hybridized carbons (Fsp3) is 0.500. The Balaban J connectivity index is 2.52. The van der Waals surface area contributed by atoms with E-state index in [1.165, 1.54) is 5.69 Å². The molecule has 0 saturated heterocycles. The molecular weight excluding hydrogens is 162 g/mol. The van der Waals surface area contributed by atoms with E-state index in [1.807, 2.05) is 24.7 Å². The smallest absolute Gasteiger partial charge is 0.0581 e. The monoisotopic (exact) mass is 177 g/mol. The van der Waals surface area contributed by atoms with Crippen molar-refractivity contribution in [2.24, 2.45) is 7.05 Å². The van der Waals surface area contributed by atoms with Crippen molar-refractivity contribution < 1.29 is 0 Å². The zero-order chi connectivity index (χ0) is 9.68. The van der Waals surface area contributed by atoms with E-state index in [4.69, 9.17) is 0 Å². The van der Waals surface area contributed by atoms with E-state index < -0.39 is 0 Å². The van der Waals surface area contributed by atoms with Crippen LogP contribution in [0.1, 0.15) is 25.6 Å². The Labute approximate surface area is 79.1 Å². The second-order valence-corrected chi connectivity index (χ2v) is 2.91. The van der Waals surface area contributed by atoms with Gasteiger partial charge >= 0.3 is 0 Å². The summed E-state index contributed by atoms with van der Waals surface area (Å²) < 4.78 is 1.87. The number of nitrogens with zero attached hydrogens (tertiary/aromatic N) is 2. The van der Waals surface area contributed by atoms with Gasteiger partial charge in [0.05, 0.1) is 12.2 Å². The molecule has 0 spiro atoms. The Hall–Kier alpha value is -1.27. The second-order valence-electron chi connectivity index (χ2n) is 2.91. The number of hydrogen-bond acceptors (Lipinski definition) is 2. The minimum Gasteiger partial charge on any atom is -0.298 e. The summed E-state index contributed by atoms with van der Waals surface area (Å²) in [5.74, 6) is 5.82. The third-order valence-electron chi connectivity index (χ3n) is 1.98. The quantitative estimate of drug-likeness (QED) is 0.700. The molecule has 1 atom stereocenters. The molecule has 1 heterocycles. The molecule has 1 N–H and O–H groups in total. The molecule has 0 aliphatic heterocycles. The lowest BCUT2D eigenvalue weighted by Gasteiger charge is -2.11. The molecule has 1 aromatic rings. The highest BCUT2D eigenvalue weighted by Crippen LogP contribution is 2.08. The van der Waals surface area contributed by atoms with Crippen LogP contribution < -0.4 is 5.32 Å². The van der Waals surface area contributed by atoms with Gasteiger partial charge in [0.2, 0.25) is 0 Å². The summed E-state index contributed by atoms with van der Waals surface area (Å²) in [4.78, 5) is 0. The summed E-state index contributed by atoms with van der Waals surface area (Å²) in [6.07, 6.45) is 1.80. The molecule has 0 saturated carbocycles. The molecule has 0 amide bonds. The van der Waals surface area contributed by atoms with E-state index >= 15 is 0 Å². The van der Waals surface area contributed by atoms with Gasteiger partial charge < -0.3 is 0 Å². The maximum Gasteiger partial charge on any atom is 0.0581 e. The third-order valence-corrected chi connectivity index (χ3v) is 1.98. The summed E-state index contributed by atoms with van der Waals surface area (Å²) in [7, 11) is 1.94. The van der Waals surface area contributed by atoms with E-state index in [0.29, 0.717) is 6.04 Å². The van der Waals surface area contributed by atoms with Gasteiger partial charge in [0, 0.05) is 19.3 Å². The highest BCUT2D eigenvalue weighted by Gasteiger charge is 2.06. The zero-order valence-electron chi connectivity index (χ0n) is 8.33. The molecule has 3 nitrogen and oxygen atoms in total. The summed E-state index contributed by atoms with van der Waals surface area (Å²) in [5, 5.41) is 7.40. The van der Waals surface area contributed by atoms with Crippen molar-refractivity contribution >= 4 is 0 Å². The van der Waals surface area contributed by atoms with Crippen LogP contribution in [-0.4, -0.2) is 16.3 Å². The lowest BCUT2D eigenvalue weighted by atomic mass is 10.2. The van der Waals surface area contributed by atoms with Crippen molar-refractivity contribution in [3.8, 4) is 11.8 Å². The minimum absolute atomic E-state index is 0.299. The average molecular weight is 177 g/mol. The van der Waals surface area contributed by atoms with E-state index in [2.05, 4.69) is 29.2 Å². The van der Waals surface area contributed by atoms with Gasteiger partial charge in [0.25, 0.3) is 0 Å². The third kappa shape index (κ3) is 2.60. The molecule has 0 aromatic carbocycles. The highest BCUT2D eigenvalue weighted by atomic mass is 15.3. The summed E-state index contributed by atoms with van der Waals surface area (Å²) >= 11 is 0. The van der Waals surface area contributed by atoms with Gasteiger partial charge in [-0.3, -0.25) is 10.00 Å². The van der Waals surface area contributed by atoms with Gasteiger partial charge in [0.1, 0.15) is 0 Å². The Morgan fingerprint density at radius 1 is 1.69 bits per heavy atom. The van der Waals surface area contributed by atoms with Crippen molar-refractivity contribution in [2.75, 3.05) is 6.54 Å². The predicted octanol–water partition coefficient (Wildman–Crippen LogP) is 1.09. The van der Waals surface area contributed by atoms with Crippen LogP contribution in [0, 0.1) is 11.8 Å². The van der Waals surface area contributed by atoms with Crippen LogP contribution in [0.5, 0.6) is 0 Å². The molecule has 0 radical (unpaired) electrons. The number of hydrogen-bond donors (Lipinski definition) is 1. The van der Waals surface area contributed by atoms with Crippen LogP contribution in [-0.2, 0) is 7.05 Å². The molecule has 70 valence electrons. The van der Waals surface area contributed by atoms with Crippen LogP contribution in [0.2, 0.25) is 0 Å². The molecule has 0 fully saturated rings. The molecule has 0 aliphatic rings. The van der Waals surface area contributed by atoms with Gasteiger partial charge in [0.15, 0.2) is 0 Å². The second kappa shape index (κ2) is 4.68. The van der Waals surface area contributed by atoms with Gasteiger partial charge in [-0.15, -0.1) is 5.92 Å². The lowest BCUT2D eigenvalue weighted by Crippen LogP contribution is -2.21. The van der Waals surface area contributed by atoms with Gasteiger partial charge in [-0.25, -0.2) is 0 Å². The van der Waals surface area contributed by atoms with Crippen molar-refractivity contribution in [2.45, 2.75) is 19.9 Å². The SMILES string of the molecule is CC#CCNC(C)c1ccnn1C. The first-order chi connectivity index (χ1) is 6.25. The van der Waals surface area contributed by atoms with Crippen molar-refractivity contribution in [3.05, 3.63) is 18.0 Å². The van der Waals surface area contributed by atoms with E-state index in [0.717, 1.165) is 6.54 Å². The van der Waals surface area contributed by atoms with Gasteiger partial charge in [-0.2, -0.15) is 5.10 Å². The Kier molecular flexibility index (Phi) is 3.53. The molecule has 1 unspecified atom stereocenters. The fourth-order valence-corrected chi connectivity index (χ4v) is 1.21. The maximum absolute atomic E-state index is 4.11. The predicted molar refractivity (Wildman–Crippen MR) is 53.1 cm³/mol. The van der Waals surface area contributed by atoms with Crippen LogP contribution in [0.4, 0.5) is 0 Å². The molecule has 1 aromatic heterocycles. The van der Waals surface area contributed by atoms with Crippen LogP contribution >= 0.6 is 0 Å². The van der Waals surface area contributed by atoms with Crippen LogP contribution in [0.25, 0.3) is 0 Å². The fourth-order valence-electron chi connectivity index (χ4n) is 1.21. The molecule has 13 heavy (non-hydrogen) atoms. The molecular formula is C10H15N3. The minimum atomic E-state index is 0.299. The van der Waals surface area contributed by atoms with Crippen molar-refractivity contribution in [3.63, 3.8) is 0 Å². The summed E-state index contributed by atoms with van der Waals surface area (Å²) in [6, 6.07) is 2.31. The van der Waals surface area contributed by atoms with E-state index in [1.54, 1.807) is 6.20 Å². The first-order valence-electron chi connectivity index (χ1n) is 4.36. The first kappa shape index (κ1) is 9.82. The summed E-state index contributed by atoms with van der Waals surface area (Å²) in [6.45, 7) is 4.67. The number of aryl methyl sites for hydroxylation is 1. The number of rotatable bonds is 3. The Morgan fingerprint density at radius 2 is 2.46 bits per heavy atom. The van der Waals surface area contributed by atoms with Gasteiger partial charge in [-0.05, 0) is 19.9 Å². The number of nitrogens with one attached hydrogen (secondary N) is 1. The largest absolute Gasteiger partial charge is 0.298 e. The van der Waals surface area contributed by atoms with E-state index in [-0.39, 0.29) is 0 Å². The Morgan fingerprint density at radius 3 is 3.00 bits per heavy atom. The first-order valence-corrected chi connectivity index (χ1v) is 4.36. The standard InChI is InChI=1S/C10H15N3/c1-4-5-7-11-9(2)10-6-8-12-13(10)3/h6,8-9,11H,7H2,1-3H3. The Bertz CT molecular complexity index is 316. The topological polar surface area (TPSA) is 29.9 Å². The molecule has 0 aliphatic carbocycles. The van der Waals surface area contributed by atoms with Crippen molar-refractivity contribution in [1.29, 1.82) is 0 Å². The maximum atomic E-state index is 4.11. The molecule has 1 rings (SSSR count). The zero-order valence-corrected chi connectivity index (χ0v) is 8.33. The lowest BCUT2D eigenvalue weighted by molar-refractivity contribution is 0.562. The van der Waals surface area contributed by atoms with Crippen molar-refractivity contribution in [1.82, 2.24) is 15.1 Å². The highest BCUT2D eigenvalue weighted by molar-refractivity contribution is 5.07. The number of aromatic nitrogens is 2. The van der Waals surface area contributed by atoms with Crippen LogP contribution in [0.15, 0.2) is 12.3 Å². The summed E-state index contributed by atoms with van der Waals surface area (Å²) in [5.41, 5.74) is 1.18. The normalized spacial score (nSPS) is 11.9. The van der Waals surface area contributed by atoms with Crippen LogP contribution in [0.3, 0.4) is 0 Å². The van der Waals surface area contributed by atoms with Gasteiger partial charge in [-0.1, -0.05) is 5.92 Å².